The van der Waals surface area contributed by atoms with E-state index in [9.17, 15) is 8.42 Å². The predicted octanol–water partition coefficient (Wildman–Crippen LogP) is 0.894. The summed E-state index contributed by atoms with van der Waals surface area (Å²) in [7, 11) is -3.32. The van der Waals surface area contributed by atoms with Crippen molar-refractivity contribution in [2.45, 2.75) is 31.2 Å². The van der Waals surface area contributed by atoms with Gasteiger partial charge in [0.2, 0.25) is 10.0 Å². The van der Waals surface area contributed by atoms with Crippen LogP contribution in [-0.2, 0) is 16.6 Å². The number of H-pyrrole nitrogens is 1. The first kappa shape index (κ1) is 12.6. The maximum absolute atomic E-state index is 12.3. The summed E-state index contributed by atoms with van der Waals surface area (Å²) in [6, 6.07) is 1.62. The van der Waals surface area contributed by atoms with E-state index in [0.29, 0.717) is 30.4 Å². The molecule has 1 aliphatic rings. The Labute approximate surface area is 102 Å². The number of hydrogen-bond acceptors (Lipinski definition) is 3. The van der Waals surface area contributed by atoms with Gasteiger partial charge in [0, 0.05) is 31.5 Å². The SMILES string of the molecule is CCC1CCN(S(=O)(=O)c2c[nH]c(CN)c2)C1. The molecule has 1 aromatic heterocycles. The Balaban J connectivity index is 2.19. The molecule has 6 heteroatoms. The molecule has 3 N–H and O–H groups in total. The second kappa shape index (κ2) is 4.80. The molecule has 2 rings (SSSR count). The summed E-state index contributed by atoms with van der Waals surface area (Å²) >= 11 is 0. The summed E-state index contributed by atoms with van der Waals surface area (Å²) in [5.41, 5.74) is 6.21. The number of rotatable bonds is 4. The summed E-state index contributed by atoms with van der Waals surface area (Å²) in [5, 5.41) is 0. The summed E-state index contributed by atoms with van der Waals surface area (Å²) in [6.45, 7) is 3.70. The molecule has 1 aromatic rings. The quantitative estimate of drug-likeness (QED) is 0.841. The van der Waals surface area contributed by atoms with Crippen molar-refractivity contribution in [1.29, 1.82) is 0 Å². The van der Waals surface area contributed by atoms with E-state index >= 15 is 0 Å². The molecule has 0 aromatic carbocycles. The number of hydrogen-bond donors (Lipinski definition) is 2. The first-order chi connectivity index (χ1) is 8.07. The molecule has 0 saturated carbocycles. The molecule has 1 saturated heterocycles. The first-order valence-corrected chi connectivity index (χ1v) is 7.39. The second-order valence-corrected chi connectivity index (χ2v) is 6.43. The van der Waals surface area contributed by atoms with E-state index in [-0.39, 0.29) is 0 Å². The van der Waals surface area contributed by atoms with Gasteiger partial charge < -0.3 is 10.7 Å². The smallest absolute Gasteiger partial charge is 0.244 e. The minimum atomic E-state index is -3.32. The average molecular weight is 257 g/mol. The van der Waals surface area contributed by atoms with E-state index < -0.39 is 10.0 Å². The van der Waals surface area contributed by atoms with Gasteiger partial charge in [-0.25, -0.2) is 8.42 Å². The van der Waals surface area contributed by atoms with E-state index in [1.54, 1.807) is 10.4 Å². The molecule has 1 aliphatic heterocycles. The van der Waals surface area contributed by atoms with Crippen molar-refractivity contribution < 1.29 is 8.42 Å². The second-order valence-electron chi connectivity index (χ2n) is 4.49. The van der Waals surface area contributed by atoms with Crippen LogP contribution in [0.25, 0.3) is 0 Å². The molecule has 96 valence electrons. The topological polar surface area (TPSA) is 79.2 Å². The Morgan fingerprint density at radius 3 is 2.88 bits per heavy atom. The van der Waals surface area contributed by atoms with Gasteiger partial charge in [0.1, 0.15) is 0 Å². The van der Waals surface area contributed by atoms with Crippen molar-refractivity contribution in [3.8, 4) is 0 Å². The van der Waals surface area contributed by atoms with E-state index in [2.05, 4.69) is 11.9 Å². The lowest BCUT2D eigenvalue weighted by molar-refractivity contribution is 0.453. The number of sulfonamides is 1. The normalized spacial score (nSPS) is 22.1. The van der Waals surface area contributed by atoms with Crippen molar-refractivity contribution in [3.63, 3.8) is 0 Å². The lowest BCUT2D eigenvalue weighted by Crippen LogP contribution is -2.28. The minimum absolute atomic E-state index is 0.326. The monoisotopic (exact) mass is 257 g/mol. The standard InChI is InChI=1S/C11H19N3O2S/c1-2-9-3-4-14(8-9)17(15,16)11-5-10(6-12)13-7-11/h5,7,9,13H,2-4,6,8,12H2,1H3. The highest BCUT2D eigenvalue weighted by Gasteiger charge is 2.32. The van der Waals surface area contributed by atoms with Crippen LogP contribution in [0.4, 0.5) is 0 Å². The average Bonchev–Trinajstić information content (AvgIpc) is 2.98. The van der Waals surface area contributed by atoms with Gasteiger partial charge in [-0.2, -0.15) is 4.31 Å². The fraction of sp³-hybridized carbons (Fsp3) is 0.636. The van der Waals surface area contributed by atoms with Crippen molar-refractivity contribution in [3.05, 3.63) is 18.0 Å². The van der Waals surface area contributed by atoms with Gasteiger partial charge in [-0.1, -0.05) is 13.3 Å². The number of nitrogens with two attached hydrogens (primary N) is 1. The van der Waals surface area contributed by atoms with Gasteiger partial charge in [-0.3, -0.25) is 0 Å². The molecular weight excluding hydrogens is 238 g/mol. The van der Waals surface area contributed by atoms with Crippen molar-refractivity contribution >= 4 is 10.0 Å². The molecule has 0 bridgehead atoms. The molecule has 0 radical (unpaired) electrons. The zero-order chi connectivity index (χ0) is 12.5. The van der Waals surface area contributed by atoms with Gasteiger partial charge in [-0.05, 0) is 18.4 Å². The Hall–Kier alpha value is -0.850. The van der Waals surface area contributed by atoms with Crippen LogP contribution in [0.3, 0.4) is 0 Å². The highest BCUT2D eigenvalue weighted by Crippen LogP contribution is 2.26. The van der Waals surface area contributed by atoms with Gasteiger partial charge in [0.05, 0.1) is 4.90 Å². The summed E-state index contributed by atoms with van der Waals surface area (Å²) in [6.07, 6.45) is 3.52. The maximum Gasteiger partial charge on any atom is 0.244 e. The summed E-state index contributed by atoms with van der Waals surface area (Å²) in [5.74, 6) is 0.498. The highest BCUT2D eigenvalue weighted by atomic mass is 32.2. The van der Waals surface area contributed by atoms with Crippen LogP contribution >= 0.6 is 0 Å². The molecular formula is C11H19N3O2S. The van der Waals surface area contributed by atoms with Gasteiger partial charge >= 0.3 is 0 Å². The molecule has 0 aliphatic carbocycles. The Kier molecular flexibility index (Phi) is 3.56. The molecule has 2 heterocycles. The third-order valence-electron chi connectivity index (χ3n) is 3.40. The third kappa shape index (κ3) is 2.38. The minimum Gasteiger partial charge on any atom is -0.363 e. The Bertz CT molecular complexity index is 481. The number of aromatic amines is 1. The summed E-state index contributed by atoms with van der Waals surface area (Å²) in [4.78, 5) is 3.21. The lowest BCUT2D eigenvalue weighted by Gasteiger charge is -2.15. The lowest BCUT2D eigenvalue weighted by atomic mass is 10.1. The van der Waals surface area contributed by atoms with Gasteiger partial charge in [-0.15, -0.1) is 0 Å². The Morgan fingerprint density at radius 2 is 2.35 bits per heavy atom. The zero-order valence-corrected chi connectivity index (χ0v) is 10.8. The maximum atomic E-state index is 12.3. The molecule has 0 amide bonds. The molecule has 1 fully saturated rings. The number of nitrogens with one attached hydrogen (secondary N) is 1. The first-order valence-electron chi connectivity index (χ1n) is 5.95. The fourth-order valence-electron chi connectivity index (χ4n) is 2.18. The fourth-order valence-corrected chi connectivity index (χ4v) is 3.73. The van der Waals surface area contributed by atoms with Crippen LogP contribution in [-0.4, -0.2) is 30.8 Å². The van der Waals surface area contributed by atoms with E-state index in [1.165, 1.54) is 6.20 Å². The van der Waals surface area contributed by atoms with Crippen LogP contribution < -0.4 is 5.73 Å². The molecule has 0 spiro atoms. The van der Waals surface area contributed by atoms with E-state index in [0.717, 1.165) is 18.5 Å². The van der Waals surface area contributed by atoms with Crippen LogP contribution in [0.15, 0.2) is 17.2 Å². The van der Waals surface area contributed by atoms with Gasteiger partial charge in [0.25, 0.3) is 0 Å². The molecule has 5 nitrogen and oxygen atoms in total. The zero-order valence-electron chi connectivity index (χ0n) is 10.0. The Morgan fingerprint density at radius 1 is 1.59 bits per heavy atom. The largest absolute Gasteiger partial charge is 0.363 e. The van der Waals surface area contributed by atoms with Crippen molar-refractivity contribution in [2.24, 2.45) is 11.7 Å². The van der Waals surface area contributed by atoms with E-state index in [4.69, 9.17) is 5.73 Å². The molecule has 1 atom stereocenters. The third-order valence-corrected chi connectivity index (χ3v) is 5.24. The van der Waals surface area contributed by atoms with Crippen LogP contribution in [0.1, 0.15) is 25.5 Å². The number of aromatic nitrogens is 1. The van der Waals surface area contributed by atoms with Crippen LogP contribution in [0.5, 0.6) is 0 Å². The summed E-state index contributed by atoms with van der Waals surface area (Å²) < 4.78 is 26.2. The number of nitrogens with zero attached hydrogens (tertiary/aromatic N) is 1. The predicted molar refractivity (Wildman–Crippen MR) is 65.8 cm³/mol. The van der Waals surface area contributed by atoms with Crippen molar-refractivity contribution in [2.75, 3.05) is 13.1 Å². The highest BCUT2D eigenvalue weighted by molar-refractivity contribution is 7.89. The van der Waals surface area contributed by atoms with Gasteiger partial charge in [0.15, 0.2) is 0 Å². The molecule has 1 unspecified atom stereocenters. The molecule has 17 heavy (non-hydrogen) atoms. The van der Waals surface area contributed by atoms with Crippen LogP contribution in [0, 0.1) is 5.92 Å². The van der Waals surface area contributed by atoms with Crippen molar-refractivity contribution in [1.82, 2.24) is 9.29 Å². The van der Waals surface area contributed by atoms with E-state index in [1.807, 2.05) is 0 Å². The van der Waals surface area contributed by atoms with Crippen LogP contribution in [0.2, 0.25) is 0 Å².